The first-order valence-electron chi connectivity index (χ1n) is 5.46. The average Bonchev–Trinajstić information content (AvgIpc) is 2.75. The van der Waals surface area contributed by atoms with Crippen LogP contribution < -0.4 is 4.72 Å². The van der Waals surface area contributed by atoms with Gasteiger partial charge in [-0.05, 0) is 18.9 Å². The summed E-state index contributed by atoms with van der Waals surface area (Å²) in [5.74, 6) is -0.0969. The second-order valence-corrected chi connectivity index (χ2v) is 5.69. The van der Waals surface area contributed by atoms with Gasteiger partial charge in [-0.2, -0.15) is 5.10 Å². The van der Waals surface area contributed by atoms with E-state index in [1.165, 1.54) is 6.20 Å². The molecular weight excluding hydrogens is 259 g/mol. The van der Waals surface area contributed by atoms with Crippen LogP contribution in [0.1, 0.15) is 12.8 Å². The van der Waals surface area contributed by atoms with Crippen LogP contribution in [0.3, 0.4) is 0 Å². The maximum absolute atomic E-state index is 11.9. The minimum Gasteiger partial charge on any atom is -0.282 e. The number of alkyl halides is 1. The highest BCUT2D eigenvalue weighted by Crippen LogP contribution is 2.15. The molecule has 2 aromatic rings. The molecule has 0 spiro atoms. The van der Waals surface area contributed by atoms with Crippen LogP contribution in [0.5, 0.6) is 0 Å². The number of H-pyrrole nitrogens is 1. The minimum atomic E-state index is -3.45. The molecule has 2 rings (SSSR count). The van der Waals surface area contributed by atoms with Crippen LogP contribution in [0.4, 0.5) is 10.1 Å². The summed E-state index contributed by atoms with van der Waals surface area (Å²) in [5, 5.41) is 7.19. The molecule has 0 radical (unpaired) electrons. The zero-order valence-electron chi connectivity index (χ0n) is 9.56. The highest BCUT2D eigenvalue weighted by atomic mass is 32.2. The van der Waals surface area contributed by atoms with Gasteiger partial charge in [0.25, 0.3) is 0 Å². The van der Waals surface area contributed by atoms with Gasteiger partial charge in [0, 0.05) is 5.39 Å². The first-order valence-corrected chi connectivity index (χ1v) is 7.11. The molecule has 0 aromatic carbocycles. The van der Waals surface area contributed by atoms with Crippen molar-refractivity contribution in [1.82, 2.24) is 15.2 Å². The molecule has 0 unspecified atom stereocenters. The third-order valence-electron chi connectivity index (χ3n) is 2.36. The Balaban J connectivity index is 2.07. The van der Waals surface area contributed by atoms with Gasteiger partial charge >= 0.3 is 0 Å². The second kappa shape index (κ2) is 5.30. The summed E-state index contributed by atoms with van der Waals surface area (Å²) < 4.78 is 37.6. The molecule has 0 aliphatic carbocycles. The molecule has 0 aliphatic heterocycles. The quantitative estimate of drug-likeness (QED) is 0.779. The van der Waals surface area contributed by atoms with Crippen molar-refractivity contribution >= 4 is 26.7 Å². The van der Waals surface area contributed by atoms with Gasteiger partial charge in [0.15, 0.2) is 5.65 Å². The van der Waals surface area contributed by atoms with E-state index in [1.54, 1.807) is 12.3 Å². The second-order valence-electron chi connectivity index (χ2n) is 3.85. The van der Waals surface area contributed by atoms with E-state index in [4.69, 9.17) is 0 Å². The van der Waals surface area contributed by atoms with Gasteiger partial charge in [-0.25, -0.2) is 13.4 Å². The van der Waals surface area contributed by atoms with Gasteiger partial charge in [0.1, 0.15) is 0 Å². The Morgan fingerprint density at radius 1 is 1.33 bits per heavy atom. The molecule has 2 aromatic heterocycles. The largest absolute Gasteiger partial charge is 0.282 e. The first-order chi connectivity index (χ1) is 8.61. The molecule has 6 nitrogen and oxygen atoms in total. The first kappa shape index (κ1) is 12.7. The molecule has 2 heterocycles. The minimum absolute atomic E-state index is 0.0969. The van der Waals surface area contributed by atoms with Gasteiger partial charge < -0.3 is 0 Å². The van der Waals surface area contributed by atoms with Crippen LogP contribution in [0.25, 0.3) is 11.0 Å². The molecule has 0 aliphatic rings. The van der Waals surface area contributed by atoms with Crippen molar-refractivity contribution in [2.75, 3.05) is 17.1 Å². The van der Waals surface area contributed by atoms with Crippen LogP contribution >= 0.6 is 0 Å². The van der Waals surface area contributed by atoms with Crippen molar-refractivity contribution in [3.63, 3.8) is 0 Å². The molecule has 98 valence electrons. The summed E-state index contributed by atoms with van der Waals surface area (Å²) in [6.07, 6.45) is 3.52. The van der Waals surface area contributed by atoms with Gasteiger partial charge in [-0.3, -0.25) is 14.2 Å². The Labute approximate surface area is 104 Å². The number of nitrogens with one attached hydrogen (secondary N) is 2. The summed E-state index contributed by atoms with van der Waals surface area (Å²) in [6.45, 7) is -0.502. The average molecular weight is 272 g/mol. The van der Waals surface area contributed by atoms with Crippen LogP contribution in [-0.4, -0.2) is 36.0 Å². The molecule has 0 amide bonds. The Bertz CT molecular complexity index is 626. The number of halogens is 1. The van der Waals surface area contributed by atoms with Gasteiger partial charge in [-0.1, -0.05) is 0 Å². The highest BCUT2D eigenvalue weighted by molar-refractivity contribution is 7.92. The number of pyridine rings is 1. The van der Waals surface area contributed by atoms with Crippen molar-refractivity contribution in [2.45, 2.75) is 12.8 Å². The summed E-state index contributed by atoms with van der Waals surface area (Å²) in [5.41, 5.74) is 0.972. The Morgan fingerprint density at radius 3 is 2.94 bits per heavy atom. The van der Waals surface area contributed by atoms with Crippen LogP contribution in [0.15, 0.2) is 18.5 Å². The number of hydrogen-bond acceptors (Lipinski definition) is 4. The summed E-state index contributed by atoms with van der Waals surface area (Å²) in [6, 6.07) is 1.64. The normalized spacial score (nSPS) is 11.8. The SMILES string of the molecule is O=S(=O)(CCCCF)Nc1cnc2[nH]ncc2c1. The standard InChI is InChI=1S/C10H13FN4O2S/c11-3-1-2-4-18(16,17)15-9-5-8-6-13-14-10(8)12-7-9/h5-7,15H,1-4H2,(H,12,13,14). The van der Waals surface area contributed by atoms with Crippen LogP contribution in [-0.2, 0) is 10.0 Å². The van der Waals surface area contributed by atoms with E-state index in [-0.39, 0.29) is 12.2 Å². The molecule has 8 heteroatoms. The monoisotopic (exact) mass is 272 g/mol. The Morgan fingerprint density at radius 2 is 2.17 bits per heavy atom. The van der Waals surface area contributed by atoms with E-state index in [2.05, 4.69) is 19.9 Å². The van der Waals surface area contributed by atoms with Gasteiger partial charge in [0.05, 0.1) is 30.5 Å². The fourth-order valence-corrected chi connectivity index (χ4v) is 2.67. The maximum atomic E-state index is 11.9. The smallest absolute Gasteiger partial charge is 0.232 e. The van der Waals surface area contributed by atoms with Gasteiger partial charge in [-0.15, -0.1) is 0 Å². The molecule has 2 N–H and O–H groups in total. The Kier molecular flexibility index (Phi) is 3.75. The number of fused-ring (bicyclic) bond motifs is 1. The zero-order valence-corrected chi connectivity index (χ0v) is 10.4. The molecule has 18 heavy (non-hydrogen) atoms. The van der Waals surface area contributed by atoms with E-state index in [0.29, 0.717) is 17.8 Å². The molecule has 0 atom stereocenters. The van der Waals surface area contributed by atoms with E-state index in [0.717, 1.165) is 5.39 Å². The molecule has 0 bridgehead atoms. The lowest BCUT2D eigenvalue weighted by molar-refractivity contribution is 0.468. The maximum Gasteiger partial charge on any atom is 0.232 e. The number of hydrogen-bond donors (Lipinski definition) is 2. The van der Waals surface area contributed by atoms with Crippen LogP contribution in [0, 0.1) is 0 Å². The fraction of sp³-hybridized carbons (Fsp3) is 0.400. The Hall–Kier alpha value is -1.70. The van der Waals surface area contributed by atoms with E-state index >= 15 is 0 Å². The topological polar surface area (TPSA) is 87.7 Å². The highest BCUT2D eigenvalue weighted by Gasteiger charge is 2.10. The lowest BCUT2D eigenvalue weighted by Gasteiger charge is -2.06. The third-order valence-corrected chi connectivity index (χ3v) is 3.73. The van der Waals surface area contributed by atoms with Gasteiger partial charge in [0.2, 0.25) is 10.0 Å². The number of aromatic nitrogens is 3. The number of rotatable bonds is 6. The van der Waals surface area contributed by atoms with Crippen molar-refractivity contribution in [3.05, 3.63) is 18.5 Å². The molecule has 0 saturated carbocycles. The molecular formula is C10H13FN4O2S. The fourth-order valence-electron chi connectivity index (χ4n) is 1.51. The zero-order chi connectivity index (χ0) is 13.0. The van der Waals surface area contributed by atoms with Crippen LogP contribution in [0.2, 0.25) is 0 Å². The number of aromatic amines is 1. The lowest BCUT2D eigenvalue weighted by atomic mass is 10.3. The number of nitrogens with zero attached hydrogens (tertiary/aromatic N) is 2. The summed E-state index contributed by atoms with van der Waals surface area (Å²) >= 11 is 0. The molecule has 0 saturated heterocycles. The predicted octanol–water partition coefficient (Wildman–Crippen LogP) is 1.45. The van der Waals surface area contributed by atoms with Crippen molar-refractivity contribution in [3.8, 4) is 0 Å². The number of sulfonamides is 1. The van der Waals surface area contributed by atoms with Crippen molar-refractivity contribution < 1.29 is 12.8 Å². The van der Waals surface area contributed by atoms with Crippen molar-refractivity contribution in [2.24, 2.45) is 0 Å². The van der Waals surface area contributed by atoms with E-state index in [1.807, 2.05) is 0 Å². The number of anilines is 1. The molecule has 0 fully saturated rings. The number of unbranched alkanes of at least 4 members (excludes halogenated alkanes) is 1. The van der Waals surface area contributed by atoms with E-state index in [9.17, 15) is 12.8 Å². The van der Waals surface area contributed by atoms with Crippen molar-refractivity contribution in [1.29, 1.82) is 0 Å². The summed E-state index contributed by atoms with van der Waals surface area (Å²) in [7, 11) is -3.45. The summed E-state index contributed by atoms with van der Waals surface area (Å²) in [4.78, 5) is 4.02. The van der Waals surface area contributed by atoms with E-state index < -0.39 is 16.7 Å². The lowest BCUT2D eigenvalue weighted by Crippen LogP contribution is -2.16. The third kappa shape index (κ3) is 3.16. The predicted molar refractivity (Wildman–Crippen MR) is 66.5 cm³/mol.